The number of rotatable bonds is 3. The summed E-state index contributed by atoms with van der Waals surface area (Å²) >= 11 is 0. The number of nitrogens with zero attached hydrogens (tertiary/aromatic N) is 1. The lowest BCUT2D eigenvalue weighted by Crippen LogP contribution is -2.37. The molecule has 1 aliphatic rings. The van der Waals surface area contributed by atoms with Crippen LogP contribution in [0.2, 0.25) is 0 Å². The van der Waals surface area contributed by atoms with Gasteiger partial charge in [0.05, 0.1) is 6.54 Å². The first kappa shape index (κ1) is 9.57. The molecule has 0 saturated heterocycles. The summed E-state index contributed by atoms with van der Waals surface area (Å²) < 4.78 is 0. The smallest absolute Gasteiger partial charge is 0.0598 e. The topological polar surface area (TPSA) is 29.3 Å². The highest BCUT2D eigenvalue weighted by atomic mass is 15.1. The van der Waals surface area contributed by atoms with Crippen LogP contribution in [-0.4, -0.2) is 31.1 Å². The molecule has 2 N–H and O–H groups in total. The second kappa shape index (κ2) is 4.49. The van der Waals surface area contributed by atoms with Crippen LogP contribution in [0.1, 0.15) is 19.3 Å². The minimum Gasteiger partial charge on any atom is -0.330 e. The Bertz CT molecular complexity index is 171. The molecule has 0 aromatic heterocycles. The Morgan fingerprint density at radius 3 is 2.92 bits per heavy atom. The van der Waals surface area contributed by atoms with E-state index in [9.17, 15) is 0 Å². The number of terminal acetylenes is 1. The lowest BCUT2D eigenvalue weighted by Gasteiger charge is -2.27. The predicted octanol–water partition coefficient (Wildman–Crippen LogP) is 0.679. The van der Waals surface area contributed by atoms with Crippen LogP contribution < -0.4 is 5.73 Å². The predicted molar refractivity (Wildman–Crippen MR) is 51.6 cm³/mol. The highest BCUT2D eigenvalue weighted by molar-refractivity contribution is 4.92. The Kier molecular flexibility index (Phi) is 3.58. The summed E-state index contributed by atoms with van der Waals surface area (Å²) in [5.74, 6) is 3.34. The van der Waals surface area contributed by atoms with Gasteiger partial charge in [-0.3, -0.25) is 4.90 Å². The van der Waals surface area contributed by atoms with Crippen molar-refractivity contribution in [3.05, 3.63) is 0 Å². The van der Waals surface area contributed by atoms with Gasteiger partial charge in [-0.1, -0.05) is 12.3 Å². The average molecular weight is 166 g/mol. The van der Waals surface area contributed by atoms with E-state index < -0.39 is 0 Å². The van der Waals surface area contributed by atoms with Crippen molar-refractivity contribution in [2.45, 2.75) is 25.3 Å². The highest BCUT2D eigenvalue weighted by Crippen LogP contribution is 2.27. The summed E-state index contributed by atoms with van der Waals surface area (Å²) in [6.45, 7) is 1.56. The van der Waals surface area contributed by atoms with Crippen LogP contribution in [-0.2, 0) is 0 Å². The lowest BCUT2D eigenvalue weighted by atomic mass is 10.0. The van der Waals surface area contributed by atoms with E-state index in [0.717, 1.165) is 13.1 Å². The molecule has 1 fully saturated rings. The van der Waals surface area contributed by atoms with Gasteiger partial charge in [0, 0.05) is 6.04 Å². The maximum absolute atomic E-state index is 5.68. The Morgan fingerprint density at radius 1 is 1.58 bits per heavy atom. The summed E-state index contributed by atoms with van der Waals surface area (Å²) in [7, 11) is 2.10. The zero-order chi connectivity index (χ0) is 8.97. The Labute approximate surface area is 75.1 Å². The molecular formula is C10H18N2. The first-order valence-electron chi connectivity index (χ1n) is 4.63. The third-order valence-electron chi connectivity index (χ3n) is 2.83. The van der Waals surface area contributed by atoms with Crippen molar-refractivity contribution in [2.24, 2.45) is 11.7 Å². The van der Waals surface area contributed by atoms with Crippen LogP contribution in [0.15, 0.2) is 0 Å². The molecule has 0 heterocycles. The van der Waals surface area contributed by atoms with E-state index in [0.29, 0.717) is 12.0 Å². The fourth-order valence-electron chi connectivity index (χ4n) is 2.13. The monoisotopic (exact) mass is 166 g/mol. The Hall–Kier alpha value is -0.520. The summed E-state index contributed by atoms with van der Waals surface area (Å²) in [6.07, 6.45) is 9.11. The van der Waals surface area contributed by atoms with Crippen molar-refractivity contribution < 1.29 is 0 Å². The number of hydrogen-bond acceptors (Lipinski definition) is 2. The van der Waals surface area contributed by atoms with E-state index in [1.165, 1.54) is 19.3 Å². The molecule has 2 atom stereocenters. The van der Waals surface area contributed by atoms with Gasteiger partial charge in [-0.25, -0.2) is 0 Å². The zero-order valence-corrected chi connectivity index (χ0v) is 7.79. The first-order chi connectivity index (χ1) is 5.79. The van der Waals surface area contributed by atoms with E-state index in [-0.39, 0.29) is 0 Å². The van der Waals surface area contributed by atoms with Crippen molar-refractivity contribution in [3.8, 4) is 12.3 Å². The fourth-order valence-corrected chi connectivity index (χ4v) is 2.13. The molecule has 1 saturated carbocycles. The van der Waals surface area contributed by atoms with Crippen LogP contribution in [0.5, 0.6) is 0 Å². The molecule has 2 nitrogen and oxygen atoms in total. The second-order valence-electron chi connectivity index (χ2n) is 3.61. The van der Waals surface area contributed by atoms with Crippen LogP contribution in [0.25, 0.3) is 0 Å². The molecule has 12 heavy (non-hydrogen) atoms. The van der Waals surface area contributed by atoms with Gasteiger partial charge in [-0.05, 0) is 32.4 Å². The Morgan fingerprint density at radius 2 is 2.33 bits per heavy atom. The second-order valence-corrected chi connectivity index (χ2v) is 3.61. The van der Waals surface area contributed by atoms with E-state index in [2.05, 4.69) is 17.9 Å². The Balaban J connectivity index is 2.44. The van der Waals surface area contributed by atoms with Gasteiger partial charge in [0.2, 0.25) is 0 Å². The van der Waals surface area contributed by atoms with E-state index in [1.54, 1.807) is 0 Å². The van der Waals surface area contributed by atoms with Crippen molar-refractivity contribution >= 4 is 0 Å². The molecule has 0 spiro atoms. The number of nitrogens with two attached hydrogens (primary N) is 1. The molecule has 0 aliphatic heterocycles. The van der Waals surface area contributed by atoms with Gasteiger partial charge in [0.1, 0.15) is 0 Å². The van der Waals surface area contributed by atoms with Gasteiger partial charge < -0.3 is 5.73 Å². The van der Waals surface area contributed by atoms with Crippen molar-refractivity contribution in [2.75, 3.05) is 20.1 Å². The molecule has 0 aromatic carbocycles. The summed E-state index contributed by atoms with van der Waals surface area (Å²) in [5.41, 5.74) is 5.68. The summed E-state index contributed by atoms with van der Waals surface area (Å²) in [4.78, 5) is 2.25. The molecule has 68 valence electrons. The lowest BCUT2D eigenvalue weighted by molar-refractivity contribution is 0.223. The van der Waals surface area contributed by atoms with Crippen molar-refractivity contribution in [1.82, 2.24) is 4.90 Å². The molecule has 0 amide bonds. The average Bonchev–Trinajstić information content (AvgIpc) is 2.51. The maximum atomic E-state index is 5.68. The molecule has 2 unspecified atom stereocenters. The van der Waals surface area contributed by atoms with E-state index >= 15 is 0 Å². The largest absolute Gasteiger partial charge is 0.330 e. The third kappa shape index (κ3) is 2.00. The van der Waals surface area contributed by atoms with Gasteiger partial charge in [0.15, 0.2) is 0 Å². The summed E-state index contributed by atoms with van der Waals surface area (Å²) in [5, 5.41) is 0. The molecule has 1 aliphatic carbocycles. The van der Waals surface area contributed by atoms with Crippen molar-refractivity contribution in [3.63, 3.8) is 0 Å². The summed E-state index contributed by atoms with van der Waals surface area (Å²) in [6, 6.07) is 0.631. The minimum absolute atomic E-state index is 0.631. The minimum atomic E-state index is 0.631. The van der Waals surface area contributed by atoms with Crippen LogP contribution in [0.4, 0.5) is 0 Å². The molecule has 1 rings (SSSR count). The van der Waals surface area contributed by atoms with Gasteiger partial charge >= 0.3 is 0 Å². The highest BCUT2D eigenvalue weighted by Gasteiger charge is 2.28. The van der Waals surface area contributed by atoms with Gasteiger partial charge in [-0.2, -0.15) is 0 Å². The first-order valence-corrected chi connectivity index (χ1v) is 4.63. The SMILES string of the molecule is C#CCN(C)C1CCCC1CN. The van der Waals surface area contributed by atoms with E-state index in [1.807, 2.05) is 0 Å². The molecule has 0 aromatic rings. The fraction of sp³-hybridized carbons (Fsp3) is 0.800. The maximum Gasteiger partial charge on any atom is 0.0598 e. The van der Waals surface area contributed by atoms with Crippen LogP contribution in [0, 0.1) is 18.3 Å². The molecule has 0 bridgehead atoms. The normalized spacial score (nSPS) is 29.2. The number of hydrogen-bond donors (Lipinski definition) is 1. The van der Waals surface area contributed by atoms with E-state index in [4.69, 9.17) is 12.2 Å². The molecule has 2 heteroatoms. The van der Waals surface area contributed by atoms with Crippen LogP contribution >= 0.6 is 0 Å². The van der Waals surface area contributed by atoms with Crippen molar-refractivity contribution in [1.29, 1.82) is 0 Å². The standard InChI is InChI=1S/C10H18N2/c1-3-7-12(2)10-6-4-5-9(10)8-11/h1,9-10H,4-8,11H2,2H3. The zero-order valence-electron chi connectivity index (χ0n) is 7.79. The third-order valence-corrected chi connectivity index (χ3v) is 2.83. The molecular weight excluding hydrogens is 148 g/mol. The molecule has 0 radical (unpaired) electrons. The van der Waals surface area contributed by atoms with Gasteiger partial charge in [0.25, 0.3) is 0 Å². The van der Waals surface area contributed by atoms with Gasteiger partial charge in [-0.15, -0.1) is 6.42 Å². The quantitative estimate of drug-likeness (QED) is 0.625. The van der Waals surface area contributed by atoms with Crippen LogP contribution in [0.3, 0.4) is 0 Å².